The Kier molecular flexibility index (Phi) is 1.19. The SMILES string of the molecule is NC(=O)c1cc2n[nH]cc2s1. The zero-order chi connectivity index (χ0) is 7.84. The van der Waals surface area contributed by atoms with Crippen molar-refractivity contribution in [2.75, 3.05) is 0 Å². The van der Waals surface area contributed by atoms with E-state index in [-0.39, 0.29) is 0 Å². The van der Waals surface area contributed by atoms with E-state index in [0.717, 1.165) is 10.2 Å². The molecule has 0 spiro atoms. The van der Waals surface area contributed by atoms with Crippen molar-refractivity contribution in [2.24, 2.45) is 5.73 Å². The van der Waals surface area contributed by atoms with Gasteiger partial charge in [0, 0.05) is 6.20 Å². The Morgan fingerprint density at radius 2 is 2.55 bits per heavy atom. The summed E-state index contributed by atoms with van der Waals surface area (Å²) in [5.74, 6) is -0.395. The molecule has 1 amide bonds. The molecule has 0 saturated heterocycles. The van der Waals surface area contributed by atoms with Gasteiger partial charge in [-0.1, -0.05) is 0 Å². The third-order valence-electron chi connectivity index (χ3n) is 1.36. The first-order valence-corrected chi connectivity index (χ1v) is 3.82. The average molecular weight is 167 g/mol. The molecule has 0 fully saturated rings. The quantitative estimate of drug-likeness (QED) is 0.657. The minimum absolute atomic E-state index is 0.395. The van der Waals surface area contributed by atoms with Crippen molar-refractivity contribution in [3.05, 3.63) is 17.1 Å². The lowest BCUT2D eigenvalue weighted by Crippen LogP contribution is -2.08. The van der Waals surface area contributed by atoms with Crippen LogP contribution in [0.1, 0.15) is 9.67 Å². The largest absolute Gasteiger partial charge is 0.365 e. The molecule has 4 nitrogen and oxygen atoms in total. The van der Waals surface area contributed by atoms with Crippen molar-refractivity contribution in [1.82, 2.24) is 10.2 Å². The Morgan fingerprint density at radius 3 is 3.18 bits per heavy atom. The molecule has 2 aromatic heterocycles. The summed E-state index contributed by atoms with van der Waals surface area (Å²) in [7, 11) is 0. The first kappa shape index (κ1) is 6.36. The van der Waals surface area contributed by atoms with Crippen LogP contribution in [0.3, 0.4) is 0 Å². The van der Waals surface area contributed by atoms with Crippen LogP contribution in [0.5, 0.6) is 0 Å². The molecule has 0 aliphatic heterocycles. The van der Waals surface area contributed by atoms with Crippen LogP contribution in [0.2, 0.25) is 0 Å². The second-order valence-electron chi connectivity index (χ2n) is 2.11. The number of amides is 1. The van der Waals surface area contributed by atoms with Crippen molar-refractivity contribution < 1.29 is 4.79 Å². The third kappa shape index (κ3) is 0.894. The van der Waals surface area contributed by atoms with Gasteiger partial charge < -0.3 is 5.73 Å². The van der Waals surface area contributed by atoms with Crippen LogP contribution in [-0.4, -0.2) is 16.1 Å². The summed E-state index contributed by atoms with van der Waals surface area (Å²) < 4.78 is 0.957. The Bertz CT molecular complexity index is 374. The average Bonchev–Trinajstić information content (AvgIpc) is 2.40. The molecule has 2 heterocycles. The molecule has 0 aliphatic carbocycles. The van der Waals surface area contributed by atoms with Crippen LogP contribution < -0.4 is 5.73 Å². The van der Waals surface area contributed by atoms with Crippen molar-refractivity contribution in [2.45, 2.75) is 0 Å². The van der Waals surface area contributed by atoms with Crippen molar-refractivity contribution in [3.63, 3.8) is 0 Å². The zero-order valence-corrected chi connectivity index (χ0v) is 6.31. The summed E-state index contributed by atoms with van der Waals surface area (Å²) in [5.41, 5.74) is 5.87. The summed E-state index contributed by atoms with van der Waals surface area (Å²) in [5, 5.41) is 6.59. The predicted octanol–water partition coefficient (Wildman–Crippen LogP) is 0.723. The molecule has 0 radical (unpaired) electrons. The number of fused-ring (bicyclic) bond motifs is 1. The molecule has 0 bridgehead atoms. The van der Waals surface area contributed by atoms with E-state index in [1.165, 1.54) is 11.3 Å². The van der Waals surface area contributed by atoms with E-state index in [1.54, 1.807) is 12.3 Å². The number of carbonyl (C=O) groups is 1. The van der Waals surface area contributed by atoms with Crippen LogP contribution in [0.25, 0.3) is 10.2 Å². The van der Waals surface area contributed by atoms with Gasteiger partial charge in [0.15, 0.2) is 0 Å². The van der Waals surface area contributed by atoms with Gasteiger partial charge in [-0.3, -0.25) is 9.89 Å². The van der Waals surface area contributed by atoms with E-state index < -0.39 is 5.91 Å². The number of carbonyl (C=O) groups excluding carboxylic acids is 1. The van der Waals surface area contributed by atoms with Crippen LogP contribution >= 0.6 is 11.3 Å². The molecule has 2 aromatic rings. The second-order valence-corrected chi connectivity index (χ2v) is 3.19. The highest BCUT2D eigenvalue weighted by Gasteiger charge is 2.06. The van der Waals surface area contributed by atoms with Crippen LogP contribution in [0, 0.1) is 0 Å². The number of aromatic amines is 1. The van der Waals surface area contributed by atoms with E-state index >= 15 is 0 Å². The lowest BCUT2D eigenvalue weighted by Gasteiger charge is -1.81. The second kappa shape index (κ2) is 2.06. The van der Waals surface area contributed by atoms with E-state index in [0.29, 0.717) is 4.88 Å². The third-order valence-corrected chi connectivity index (χ3v) is 2.45. The molecule has 0 aliphatic rings. The van der Waals surface area contributed by atoms with E-state index in [4.69, 9.17) is 5.73 Å². The Labute approximate surface area is 66.0 Å². The Balaban J connectivity index is 2.67. The molecule has 0 aromatic carbocycles. The molecule has 5 heteroatoms. The molecule has 56 valence electrons. The molecular weight excluding hydrogens is 162 g/mol. The molecule has 11 heavy (non-hydrogen) atoms. The van der Waals surface area contributed by atoms with Crippen molar-refractivity contribution in [1.29, 1.82) is 0 Å². The predicted molar refractivity (Wildman–Crippen MR) is 42.5 cm³/mol. The number of thiophene rings is 1. The minimum Gasteiger partial charge on any atom is -0.365 e. The maximum Gasteiger partial charge on any atom is 0.258 e. The van der Waals surface area contributed by atoms with Gasteiger partial charge in [0.1, 0.15) is 5.52 Å². The standard InChI is InChI=1S/C6H5N3OS/c7-6(10)4-1-3-5(11-4)2-8-9-3/h1-2H,(H2,7,10)(H,8,9). The minimum atomic E-state index is -0.395. The van der Waals surface area contributed by atoms with Gasteiger partial charge in [0.05, 0.1) is 9.58 Å². The number of aromatic nitrogens is 2. The number of primary amides is 1. The van der Waals surface area contributed by atoms with Gasteiger partial charge in [-0.15, -0.1) is 11.3 Å². The lowest BCUT2D eigenvalue weighted by atomic mass is 10.4. The number of H-pyrrole nitrogens is 1. The summed E-state index contributed by atoms with van der Waals surface area (Å²) in [6, 6.07) is 1.68. The lowest BCUT2D eigenvalue weighted by molar-refractivity contribution is 0.100. The van der Waals surface area contributed by atoms with Gasteiger partial charge in [-0.2, -0.15) is 5.10 Å². The van der Waals surface area contributed by atoms with Gasteiger partial charge in [0.25, 0.3) is 5.91 Å². The maximum atomic E-state index is 10.7. The molecule has 3 N–H and O–H groups in total. The number of hydrogen-bond donors (Lipinski definition) is 2. The summed E-state index contributed by atoms with van der Waals surface area (Å²) >= 11 is 1.34. The highest BCUT2D eigenvalue weighted by atomic mass is 32.1. The summed E-state index contributed by atoms with van der Waals surface area (Å²) in [6.07, 6.45) is 1.74. The molecule has 2 rings (SSSR count). The number of hydrogen-bond acceptors (Lipinski definition) is 3. The topological polar surface area (TPSA) is 71.8 Å². The smallest absolute Gasteiger partial charge is 0.258 e. The number of nitrogens with zero attached hydrogens (tertiary/aromatic N) is 1. The number of nitrogens with one attached hydrogen (secondary N) is 1. The van der Waals surface area contributed by atoms with Crippen LogP contribution in [-0.2, 0) is 0 Å². The van der Waals surface area contributed by atoms with Gasteiger partial charge >= 0.3 is 0 Å². The maximum absolute atomic E-state index is 10.7. The fraction of sp³-hybridized carbons (Fsp3) is 0. The van der Waals surface area contributed by atoms with E-state index in [2.05, 4.69) is 10.2 Å². The van der Waals surface area contributed by atoms with Gasteiger partial charge in [-0.05, 0) is 6.07 Å². The van der Waals surface area contributed by atoms with Crippen LogP contribution in [0.15, 0.2) is 12.3 Å². The monoisotopic (exact) mass is 167 g/mol. The molecular formula is C6H5N3OS. The highest BCUT2D eigenvalue weighted by molar-refractivity contribution is 7.20. The highest BCUT2D eigenvalue weighted by Crippen LogP contribution is 2.22. The van der Waals surface area contributed by atoms with Gasteiger partial charge in [0.2, 0.25) is 0 Å². The van der Waals surface area contributed by atoms with Crippen molar-refractivity contribution in [3.8, 4) is 0 Å². The van der Waals surface area contributed by atoms with Crippen LogP contribution in [0.4, 0.5) is 0 Å². The van der Waals surface area contributed by atoms with E-state index in [9.17, 15) is 4.79 Å². The normalized spacial score (nSPS) is 10.5. The molecule has 0 unspecified atom stereocenters. The summed E-state index contributed by atoms with van der Waals surface area (Å²) in [4.78, 5) is 11.2. The molecule has 0 atom stereocenters. The number of nitrogens with two attached hydrogens (primary N) is 1. The van der Waals surface area contributed by atoms with Gasteiger partial charge in [-0.25, -0.2) is 0 Å². The first-order valence-electron chi connectivity index (χ1n) is 3.00. The van der Waals surface area contributed by atoms with E-state index in [1.807, 2.05) is 0 Å². The zero-order valence-electron chi connectivity index (χ0n) is 5.50. The Morgan fingerprint density at radius 1 is 1.73 bits per heavy atom. The summed E-state index contributed by atoms with van der Waals surface area (Å²) in [6.45, 7) is 0. The van der Waals surface area contributed by atoms with Crippen molar-refractivity contribution >= 4 is 27.5 Å². The fourth-order valence-electron chi connectivity index (χ4n) is 0.868. The molecule has 0 saturated carbocycles. The Hall–Kier alpha value is -1.36. The number of rotatable bonds is 1. The first-order chi connectivity index (χ1) is 5.27. The fourth-order valence-corrected chi connectivity index (χ4v) is 1.70.